The Morgan fingerprint density at radius 3 is 1.09 bits per heavy atom. The Labute approximate surface area is 874 Å². The number of para-hydroxylation sites is 4. The number of ether oxygens (including phenoxy) is 4. The highest BCUT2D eigenvalue weighted by molar-refractivity contribution is 6.07. The van der Waals surface area contributed by atoms with Crippen LogP contribution in [0.25, 0.3) is 22.7 Å². The van der Waals surface area contributed by atoms with E-state index in [9.17, 15) is 19.2 Å². The number of piperidine rings is 1. The lowest BCUT2D eigenvalue weighted by Gasteiger charge is -2.33. The molecule has 149 heavy (non-hydrogen) atoms. The van der Waals surface area contributed by atoms with Crippen LogP contribution in [0.4, 0.5) is 28.4 Å². The van der Waals surface area contributed by atoms with Gasteiger partial charge in [0.2, 0.25) is 0 Å². The van der Waals surface area contributed by atoms with Gasteiger partial charge in [0.05, 0.1) is 0 Å². The molecule has 9 N–H and O–H groups in total. The van der Waals surface area contributed by atoms with E-state index in [4.69, 9.17) is 24.7 Å². The Morgan fingerprint density at radius 1 is 0.349 bits per heavy atom. The molecule has 6 aliphatic rings. The van der Waals surface area contributed by atoms with Gasteiger partial charge in [0, 0.05) is 213 Å². The van der Waals surface area contributed by atoms with Gasteiger partial charge in [-0.1, -0.05) is 97.1 Å². The number of nitrogens with two attached hydrogens (primary N) is 1. The Hall–Kier alpha value is -15.6. The van der Waals surface area contributed by atoms with Gasteiger partial charge in [-0.25, -0.2) is 0 Å². The summed E-state index contributed by atoms with van der Waals surface area (Å²) in [4.78, 5) is 63.3. The van der Waals surface area contributed by atoms with Crippen LogP contribution in [0.15, 0.2) is 341 Å². The average Bonchev–Trinajstić information content (AvgIpc) is 1.67. The molecular weight excluding hydrogens is 1850 g/mol. The van der Waals surface area contributed by atoms with Crippen molar-refractivity contribution in [1.82, 2.24) is 48.9 Å². The first kappa shape index (κ1) is 102. The summed E-state index contributed by atoms with van der Waals surface area (Å²) in [7, 11) is 2.03. The molecule has 762 valence electrons. The van der Waals surface area contributed by atoms with Crippen LogP contribution in [-0.2, 0) is 19.6 Å². The maximum absolute atomic E-state index is 13.4. The molecule has 24 heteroatoms. The summed E-state index contributed by atoms with van der Waals surface area (Å²) in [6, 6.07) is 96.3. The second kappa shape index (κ2) is 47.5. The fourth-order valence-electron chi connectivity index (χ4n) is 20.7. The van der Waals surface area contributed by atoms with Gasteiger partial charge in [-0.05, 0) is 381 Å². The third-order valence-electron chi connectivity index (χ3n) is 28.8. The van der Waals surface area contributed by atoms with E-state index in [-0.39, 0.29) is 29.7 Å². The lowest BCUT2D eigenvalue weighted by atomic mass is 10.0. The molecule has 0 aliphatic carbocycles. The predicted molar refractivity (Wildman–Crippen MR) is 597 cm³/mol. The highest BCUT2D eigenvalue weighted by Gasteiger charge is 2.39. The summed E-state index contributed by atoms with van der Waals surface area (Å²) in [6.45, 7) is 29.3. The van der Waals surface area contributed by atoms with Crippen LogP contribution in [-0.4, -0.2) is 153 Å². The van der Waals surface area contributed by atoms with E-state index in [1.54, 1.807) is 12.1 Å². The minimum Gasteiger partial charge on any atom is -0.457 e. The van der Waals surface area contributed by atoms with Crippen molar-refractivity contribution in [3.63, 3.8) is 0 Å². The smallest absolute Gasteiger partial charge is 0.255 e. The number of rotatable bonds is 28. The third kappa shape index (κ3) is 26.7. The van der Waals surface area contributed by atoms with Crippen LogP contribution in [0.5, 0.6) is 46.0 Å². The number of benzene rings is 12. The Kier molecular flexibility index (Phi) is 32.5. The van der Waals surface area contributed by atoms with Crippen LogP contribution >= 0.6 is 0 Å². The zero-order valence-corrected chi connectivity index (χ0v) is 86.4. The van der Waals surface area contributed by atoms with Crippen molar-refractivity contribution >= 4 is 52.1 Å². The summed E-state index contributed by atoms with van der Waals surface area (Å²) in [6.07, 6.45) is 22.4. The van der Waals surface area contributed by atoms with Crippen molar-refractivity contribution in [3.05, 3.63) is 424 Å². The van der Waals surface area contributed by atoms with Gasteiger partial charge in [0.25, 0.3) is 23.6 Å². The molecule has 0 bridgehead atoms. The average molecular weight is 1990 g/mol. The summed E-state index contributed by atoms with van der Waals surface area (Å²) in [5.41, 5.74) is 29.0. The maximum atomic E-state index is 13.4. The molecule has 4 amide bonds. The Balaban J connectivity index is 0.000000125. The minimum atomic E-state index is -0.185. The number of likely N-dealkylation sites (N-methyl/N-ethyl adjacent to an activating group) is 1. The first-order chi connectivity index (χ1) is 72.4. The zero-order chi connectivity index (χ0) is 103. The van der Waals surface area contributed by atoms with E-state index in [1.807, 2.05) is 253 Å². The number of carbonyl (C=O) groups is 4. The molecule has 0 radical (unpaired) electrons. The molecule has 16 aromatic rings. The van der Waals surface area contributed by atoms with E-state index in [2.05, 4.69) is 213 Å². The summed E-state index contributed by atoms with van der Waals surface area (Å²) >= 11 is 0. The summed E-state index contributed by atoms with van der Waals surface area (Å²) in [5.74, 6) is 6.48. The molecule has 12 aromatic carbocycles. The molecule has 6 saturated heterocycles. The van der Waals surface area contributed by atoms with Crippen molar-refractivity contribution < 1.29 is 38.1 Å². The topological polar surface area (TPSA) is 248 Å². The molecule has 24 nitrogen and oxygen atoms in total. The van der Waals surface area contributed by atoms with Crippen LogP contribution in [0, 0.1) is 67.2 Å². The van der Waals surface area contributed by atoms with E-state index in [0.717, 1.165) is 213 Å². The van der Waals surface area contributed by atoms with Gasteiger partial charge >= 0.3 is 0 Å². The molecule has 6 fully saturated rings. The number of nitrogens with one attached hydrogen (secondary N) is 7. The molecule has 6 aliphatic heterocycles. The lowest BCUT2D eigenvalue weighted by molar-refractivity contribution is 0.101. The molecule has 0 saturated carbocycles. The van der Waals surface area contributed by atoms with E-state index in [1.165, 1.54) is 51.8 Å². The number of hydrogen-bond donors (Lipinski definition) is 8. The number of aromatic nitrogens is 4. The van der Waals surface area contributed by atoms with Gasteiger partial charge in [-0.15, -0.1) is 0 Å². The van der Waals surface area contributed by atoms with Crippen LogP contribution in [0.1, 0.15) is 135 Å². The fourth-order valence-corrected chi connectivity index (χ4v) is 20.7. The van der Waals surface area contributed by atoms with E-state index >= 15 is 0 Å². The Morgan fingerprint density at radius 2 is 0.725 bits per heavy atom. The normalized spacial score (nSPS) is 17.3. The highest BCUT2D eigenvalue weighted by atomic mass is 16.5. The molecule has 10 heterocycles. The number of anilines is 5. The second-order valence-electron chi connectivity index (χ2n) is 40.6. The predicted octanol–water partition coefficient (Wildman–Crippen LogP) is 23.9. The number of amides is 4. The van der Waals surface area contributed by atoms with E-state index in [0.29, 0.717) is 63.4 Å². The number of hydrogen-bond acceptors (Lipinski definition) is 16. The van der Waals surface area contributed by atoms with Gasteiger partial charge < -0.3 is 85.1 Å². The number of likely N-dealkylation sites (tertiary alicyclic amines) is 3. The van der Waals surface area contributed by atoms with Gasteiger partial charge in [0.1, 0.15) is 46.0 Å². The van der Waals surface area contributed by atoms with E-state index < -0.39 is 0 Å². The van der Waals surface area contributed by atoms with Gasteiger partial charge in [-0.3, -0.25) is 33.9 Å². The number of fused-ring (bicyclic) bond motifs is 2. The summed E-state index contributed by atoms with van der Waals surface area (Å²) < 4.78 is 32.6. The zero-order valence-electron chi connectivity index (χ0n) is 86.4. The first-order valence-corrected chi connectivity index (χ1v) is 52.0. The molecule has 22 rings (SSSR count). The molecule has 4 aromatic heterocycles. The van der Waals surface area contributed by atoms with Crippen molar-refractivity contribution in [2.45, 2.75) is 131 Å². The highest BCUT2D eigenvalue weighted by Crippen LogP contribution is 2.38. The molecule has 0 unspecified atom stereocenters. The third-order valence-corrected chi connectivity index (χ3v) is 28.8. The maximum Gasteiger partial charge on any atom is 0.255 e. The van der Waals surface area contributed by atoms with Crippen molar-refractivity contribution in [2.75, 3.05) is 98.7 Å². The monoisotopic (exact) mass is 1990 g/mol. The SMILES string of the molecule is CN[C@H]1CCN(Cc2cc(NC(=O)c3ccc(C)c(Oc4ccccc4)c3)cc(-n3ccc(C)c3)c2)C1.Cc1ccn(-c2cc(CN3CC[C@@H]4CNC[C@@H]43)cc(NC(=O)c3ccc(C)c(Oc4ccccc4)c3)c2)c1.Cc1ccn(-c2cc(CN3C[C@@H]4CCN[C@@H]4C3)cc(NC(=O)c3ccc(C)c(Oc4ccccc4)c3)c2)c1.Cc1ccn(-c2cc(NC(=O)c3ccc(C)c(Oc4ccccc4)c3)cc(N3CCC[C@H](N)C3)c2)c1. The largest absolute Gasteiger partial charge is 0.457 e. The van der Waals surface area contributed by atoms with Crippen LogP contribution < -0.4 is 66.8 Å². The lowest BCUT2D eigenvalue weighted by Crippen LogP contribution is -2.42. The molecular formula is C125H134N16O8. The molecule has 6 atom stereocenters. The standard InChI is InChI=1S/2C32H34N4O2.C31H34N4O2.C30H32N4O2/c1-22-11-13-36(18-22)28-15-24(19-35-20-26-10-12-33-30(26)21-35)14-27(17-28)34-32(37)25-9-8-23(2)31(16-25)38-29-6-4-3-5-7-29;1-22-10-12-35(20-22)28-15-24(21-36-13-11-26-18-33-19-30(26)36)14-27(17-28)34-32(37)25-9-8-23(2)31(16-25)38-29-6-4-3-5-7-29;1-22-11-14-35(19-22)28-16-24(20-34-13-12-26(21-34)32-3)15-27(18-28)33-31(36)25-10-9-23(2)30(17-25)37-29-7-5-4-6-8-29;1-21-12-14-34(19-21)27-17-25(16-26(18-27)33-13-6-7-24(31)20-33)32-30(35)23-11-10-22(2)29(15-23)36-28-8-4-3-5-9-28/h3-9,11,13-18,26,30,33H,10,12,19-21H2,1-2H3,(H,34,37);3-10,12,14-17,20,26,30,33H,11,13,18-19,21H2,1-2H3,(H,34,37);4-11,14-19,26,32H,12-13,20-21H2,1-3H3,(H,33,36);3-5,8-12,14-19,24H,6-7,13,20,31H2,1-2H3,(H,32,35)/t2*26-,30+;26-;24-/m0100/s1. The van der Waals surface area contributed by atoms with Gasteiger partial charge in [0.15, 0.2) is 0 Å². The Bertz CT molecular complexity index is 7350. The number of nitrogens with zero attached hydrogens (tertiary/aromatic N) is 8. The van der Waals surface area contributed by atoms with Gasteiger partial charge in [-0.2, -0.15) is 0 Å². The number of aryl methyl sites for hydroxylation is 8. The molecule has 0 spiro atoms. The minimum absolute atomic E-state index is 0.157. The van der Waals surface area contributed by atoms with Crippen molar-refractivity contribution in [2.24, 2.45) is 17.6 Å². The van der Waals surface area contributed by atoms with Crippen molar-refractivity contribution in [1.29, 1.82) is 0 Å². The van der Waals surface area contributed by atoms with Crippen molar-refractivity contribution in [3.8, 4) is 68.7 Å². The first-order valence-electron chi connectivity index (χ1n) is 52.0. The second-order valence-corrected chi connectivity index (χ2v) is 40.6. The number of carbonyl (C=O) groups excluding carboxylic acids is 4. The summed E-state index contributed by atoms with van der Waals surface area (Å²) in [5, 5.41) is 23.1. The van der Waals surface area contributed by atoms with Crippen LogP contribution in [0.2, 0.25) is 0 Å². The van der Waals surface area contributed by atoms with Crippen LogP contribution in [0.3, 0.4) is 0 Å². The quantitative estimate of drug-likeness (QED) is 0.0227. The fraction of sp³-hybridized carbons (Fsp3) is 0.264.